The van der Waals surface area contributed by atoms with Crippen molar-refractivity contribution in [3.8, 4) is 0 Å². The van der Waals surface area contributed by atoms with E-state index in [0.29, 0.717) is 0 Å². The fourth-order valence-corrected chi connectivity index (χ4v) is 3.32. The van der Waals surface area contributed by atoms with Crippen LogP contribution in [0.3, 0.4) is 0 Å². The summed E-state index contributed by atoms with van der Waals surface area (Å²) in [5.41, 5.74) is 2.37. The maximum Gasteiger partial charge on any atom is 0.309 e. The van der Waals surface area contributed by atoms with Crippen LogP contribution in [0.25, 0.3) is 0 Å². The molecule has 1 aromatic heterocycles. The number of nitrogens with zero attached hydrogens (tertiary/aromatic N) is 1. The molecule has 2 amide bonds. The van der Waals surface area contributed by atoms with E-state index >= 15 is 0 Å². The average Bonchev–Trinajstić information content (AvgIpc) is 3.39. The van der Waals surface area contributed by atoms with Gasteiger partial charge in [-0.15, -0.1) is 0 Å². The first-order valence-corrected chi connectivity index (χ1v) is 9.13. The quantitative estimate of drug-likeness (QED) is 0.523. The molecule has 0 spiro atoms. The van der Waals surface area contributed by atoms with Gasteiger partial charge in [-0.3, -0.25) is 9.59 Å². The molecule has 1 aliphatic rings. The molecule has 8 heteroatoms. The van der Waals surface area contributed by atoms with Crippen molar-refractivity contribution in [2.24, 2.45) is 0 Å². The molecule has 8 nitrogen and oxygen atoms in total. The highest BCUT2D eigenvalue weighted by Crippen LogP contribution is 2.34. The zero-order chi connectivity index (χ0) is 19.9. The van der Waals surface area contributed by atoms with Crippen molar-refractivity contribution < 1.29 is 23.5 Å². The van der Waals surface area contributed by atoms with Gasteiger partial charge in [0.2, 0.25) is 0 Å². The number of carbonyl (C=O) groups is 2. The largest absolute Gasteiger partial charge is 0.467 e. The minimum absolute atomic E-state index is 0.0837. The number of benzene rings is 1. The molecule has 1 aromatic carbocycles. The van der Waals surface area contributed by atoms with Gasteiger partial charge in [0.25, 0.3) is 0 Å². The molecule has 0 saturated heterocycles. The molecule has 0 saturated carbocycles. The fourth-order valence-electron chi connectivity index (χ4n) is 3.32. The molecule has 2 aromatic rings. The van der Waals surface area contributed by atoms with Crippen LogP contribution in [0.15, 0.2) is 47.1 Å². The molecule has 0 radical (unpaired) electrons. The molecule has 28 heavy (non-hydrogen) atoms. The number of furan rings is 1. The summed E-state index contributed by atoms with van der Waals surface area (Å²) in [5.74, 6) is -0.717. The number of anilines is 1. The fraction of sp³-hybridized carbons (Fsp3) is 0.400. The van der Waals surface area contributed by atoms with E-state index in [9.17, 15) is 9.59 Å². The lowest BCUT2D eigenvalue weighted by Crippen LogP contribution is -2.46. The van der Waals surface area contributed by atoms with Gasteiger partial charge in [-0.2, -0.15) is 0 Å². The van der Waals surface area contributed by atoms with E-state index in [1.54, 1.807) is 6.26 Å². The molecule has 3 rings (SSSR count). The van der Waals surface area contributed by atoms with Crippen molar-refractivity contribution in [1.82, 2.24) is 10.6 Å². The lowest BCUT2D eigenvalue weighted by molar-refractivity contribution is -0.141. The van der Waals surface area contributed by atoms with Crippen LogP contribution < -0.4 is 15.5 Å². The summed E-state index contributed by atoms with van der Waals surface area (Å²) in [6.45, 7) is 1.14. The highest BCUT2D eigenvalue weighted by atomic mass is 16.7. The van der Waals surface area contributed by atoms with E-state index in [4.69, 9.17) is 13.9 Å². The predicted molar refractivity (Wildman–Crippen MR) is 103 cm³/mol. The lowest BCUT2D eigenvalue weighted by Gasteiger charge is -2.29. The minimum atomic E-state index is -0.737. The van der Waals surface area contributed by atoms with Crippen LogP contribution in [0.2, 0.25) is 0 Å². The van der Waals surface area contributed by atoms with Crippen molar-refractivity contribution in [3.05, 3.63) is 54.0 Å². The first-order valence-electron chi connectivity index (χ1n) is 9.13. The van der Waals surface area contributed by atoms with Gasteiger partial charge in [0.1, 0.15) is 11.8 Å². The summed E-state index contributed by atoms with van der Waals surface area (Å²) in [6, 6.07) is 11.6. The second-order valence-electron chi connectivity index (χ2n) is 6.42. The number of amides is 2. The normalized spacial score (nSPS) is 14.0. The van der Waals surface area contributed by atoms with Crippen molar-refractivity contribution in [2.75, 3.05) is 38.8 Å². The molecular formula is C20H25N3O5. The Bertz CT molecular complexity index is 789. The number of para-hydroxylation sites is 1. The van der Waals surface area contributed by atoms with Crippen molar-refractivity contribution >= 4 is 17.5 Å². The van der Waals surface area contributed by atoms with Gasteiger partial charge in [0, 0.05) is 33.0 Å². The van der Waals surface area contributed by atoms with Gasteiger partial charge < -0.3 is 29.4 Å². The summed E-state index contributed by atoms with van der Waals surface area (Å²) in [4.78, 5) is 26.4. The topological polar surface area (TPSA) is 93.0 Å². The van der Waals surface area contributed by atoms with Crippen LogP contribution in [-0.4, -0.2) is 52.0 Å². The lowest BCUT2D eigenvalue weighted by atomic mass is 10.1. The minimum Gasteiger partial charge on any atom is -0.467 e. The van der Waals surface area contributed by atoms with E-state index < -0.39 is 18.1 Å². The summed E-state index contributed by atoms with van der Waals surface area (Å²) < 4.78 is 15.6. The van der Waals surface area contributed by atoms with Crippen LogP contribution >= 0.6 is 0 Å². The molecule has 1 aliphatic heterocycles. The number of nitrogens with one attached hydrogen (secondary N) is 2. The predicted octanol–water partition coefficient (Wildman–Crippen LogP) is 1.23. The Morgan fingerprint density at radius 3 is 2.46 bits per heavy atom. The van der Waals surface area contributed by atoms with E-state index in [1.165, 1.54) is 19.8 Å². The van der Waals surface area contributed by atoms with Gasteiger partial charge in [0.15, 0.2) is 6.29 Å². The van der Waals surface area contributed by atoms with Crippen molar-refractivity contribution in [3.63, 3.8) is 0 Å². The number of rotatable bonds is 8. The molecule has 150 valence electrons. The molecule has 0 aliphatic carbocycles. The Morgan fingerprint density at radius 1 is 1.07 bits per heavy atom. The van der Waals surface area contributed by atoms with Crippen LogP contribution in [0.4, 0.5) is 5.69 Å². The molecule has 2 N–H and O–H groups in total. The number of hydrogen-bond donors (Lipinski definition) is 2. The highest BCUT2D eigenvalue weighted by Gasteiger charge is 2.29. The third kappa shape index (κ3) is 4.52. The number of hydrogen-bond acceptors (Lipinski definition) is 6. The van der Waals surface area contributed by atoms with E-state index in [1.807, 2.05) is 24.3 Å². The van der Waals surface area contributed by atoms with Crippen LogP contribution in [-0.2, 0) is 25.5 Å². The summed E-state index contributed by atoms with van der Waals surface area (Å²) in [7, 11) is 2.92. The molecule has 0 fully saturated rings. The summed E-state index contributed by atoms with van der Waals surface area (Å²) >= 11 is 0. The maximum absolute atomic E-state index is 12.2. The Hall–Kier alpha value is -2.84. The number of ether oxygens (including phenoxy) is 2. The zero-order valence-corrected chi connectivity index (χ0v) is 16.0. The standard InChI is InChI=1S/C20H25N3O5/c1-26-18(27-2)13-22-20(25)19(24)21-12-16(17-8-5-11-28-17)23-10-9-14-6-3-4-7-15(14)23/h3-8,11,16,18H,9-10,12-13H2,1-2H3,(H,21,24)(H,22,25)/t16-/m1/s1. The van der Waals surface area contributed by atoms with Crippen molar-refractivity contribution in [1.29, 1.82) is 0 Å². The maximum atomic E-state index is 12.2. The van der Waals surface area contributed by atoms with Crippen LogP contribution in [0.5, 0.6) is 0 Å². The number of fused-ring (bicyclic) bond motifs is 1. The third-order valence-electron chi connectivity index (χ3n) is 4.79. The first-order chi connectivity index (χ1) is 13.6. The van der Waals surface area contributed by atoms with Gasteiger partial charge in [-0.1, -0.05) is 18.2 Å². The second-order valence-corrected chi connectivity index (χ2v) is 6.42. The number of methoxy groups -OCH3 is 2. The van der Waals surface area contributed by atoms with Crippen LogP contribution in [0, 0.1) is 0 Å². The van der Waals surface area contributed by atoms with Crippen LogP contribution in [0.1, 0.15) is 17.4 Å². The molecule has 2 heterocycles. The summed E-state index contributed by atoms with van der Waals surface area (Å²) in [6.07, 6.45) is 1.93. The Kier molecular flexibility index (Phi) is 6.67. The average molecular weight is 387 g/mol. The van der Waals surface area contributed by atoms with Gasteiger partial charge in [0.05, 0.1) is 12.8 Å². The first kappa shape index (κ1) is 19.9. The Balaban J connectivity index is 1.64. The molecule has 1 atom stereocenters. The summed E-state index contributed by atoms with van der Waals surface area (Å²) in [5, 5.41) is 5.19. The SMILES string of the molecule is COC(CNC(=O)C(=O)NC[C@H](c1ccco1)N1CCc2ccccc21)OC. The number of carbonyl (C=O) groups excluding carboxylic acids is 2. The highest BCUT2D eigenvalue weighted by molar-refractivity contribution is 6.35. The smallest absolute Gasteiger partial charge is 0.309 e. The van der Waals surface area contributed by atoms with E-state index in [0.717, 1.165) is 24.4 Å². The molecule has 0 bridgehead atoms. The van der Waals surface area contributed by atoms with Gasteiger partial charge >= 0.3 is 11.8 Å². The van der Waals surface area contributed by atoms with Gasteiger partial charge in [-0.05, 0) is 30.2 Å². The van der Waals surface area contributed by atoms with E-state index in [-0.39, 0.29) is 19.1 Å². The van der Waals surface area contributed by atoms with E-state index in [2.05, 4.69) is 27.7 Å². The third-order valence-corrected chi connectivity index (χ3v) is 4.79. The Morgan fingerprint density at radius 2 is 1.79 bits per heavy atom. The molecule has 0 unspecified atom stereocenters. The second kappa shape index (κ2) is 9.38. The zero-order valence-electron chi connectivity index (χ0n) is 16.0. The molecular weight excluding hydrogens is 362 g/mol. The monoisotopic (exact) mass is 387 g/mol. The van der Waals surface area contributed by atoms with Gasteiger partial charge in [-0.25, -0.2) is 0 Å². The Labute approximate surface area is 163 Å². The van der Waals surface area contributed by atoms with Crippen molar-refractivity contribution in [2.45, 2.75) is 18.8 Å².